The number of benzene rings is 3. The molecule has 0 saturated carbocycles. The second kappa shape index (κ2) is 11.4. The molecule has 0 aliphatic rings. The van der Waals surface area contributed by atoms with E-state index in [1.165, 1.54) is 30.0 Å². The molecule has 35 heavy (non-hydrogen) atoms. The highest BCUT2D eigenvalue weighted by Crippen LogP contribution is 2.24. The number of rotatable bonds is 10. The van der Waals surface area contributed by atoms with Gasteiger partial charge in [-0.1, -0.05) is 66.4 Å². The van der Waals surface area contributed by atoms with Crippen molar-refractivity contribution in [3.05, 3.63) is 96.6 Å². The molecule has 4 rings (SSSR count). The molecule has 0 saturated heterocycles. The SMILES string of the molecule is C=CCn1c(CCNC(=O)c2ccccc2F)nnc1SCC(=O)Nc1cccc2ccccc12. The predicted molar refractivity (Wildman–Crippen MR) is 136 cm³/mol. The van der Waals surface area contributed by atoms with Gasteiger partial charge in [-0.25, -0.2) is 4.39 Å². The van der Waals surface area contributed by atoms with Crippen molar-refractivity contribution in [3.63, 3.8) is 0 Å². The first-order chi connectivity index (χ1) is 17.1. The van der Waals surface area contributed by atoms with Gasteiger partial charge in [-0.3, -0.25) is 9.59 Å². The van der Waals surface area contributed by atoms with Gasteiger partial charge in [-0.15, -0.1) is 16.8 Å². The quantitative estimate of drug-likeness (QED) is 0.254. The third-order valence-corrected chi connectivity index (χ3v) is 6.22. The zero-order chi connectivity index (χ0) is 24.6. The molecule has 1 heterocycles. The molecular formula is C26H24FN5O2S. The van der Waals surface area contributed by atoms with Crippen molar-refractivity contribution in [3.8, 4) is 0 Å². The summed E-state index contributed by atoms with van der Waals surface area (Å²) in [5.74, 6) is -0.422. The summed E-state index contributed by atoms with van der Waals surface area (Å²) in [5, 5.41) is 16.7. The Labute approximate surface area is 206 Å². The number of nitrogens with zero attached hydrogens (tertiary/aromatic N) is 3. The molecule has 0 aliphatic heterocycles. The highest BCUT2D eigenvalue weighted by atomic mass is 32.2. The number of carbonyl (C=O) groups is 2. The topological polar surface area (TPSA) is 88.9 Å². The highest BCUT2D eigenvalue weighted by Gasteiger charge is 2.15. The van der Waals surface area contributed by atoms with Gasteiger partial charge in [0.2, 0.25) is 5.91 Å². The summed E-state index contributed by atoms with van der Waals surface area (Å²) in [4.78, 5) is 24.8. The van der Waals surface area contributed by atoms with Crippen LogP contribution in [-0.4, -0.2) is 38.9 Å². The minimum atomic E-state index is -0.569. The summed E-state index contributed by atoms with van der Waals surface area (Å²) in [7, 11) is 0. The number of aromatic nitrogens is 3. The average Bonchev–Trinajstić information content (AvgIpc) is 3.25. The summed E-state index contributed by atoms with van der Waals surface area (Å²) in [6.07, 6.45) is 2.11. The summed E-state index contributed by atoms with van der Waals surface area (Å²) in [6, 6.07) is 19.5. The van der Waals surface area contributed by atoms with Gasteiger partial charge in [-0.2, -0.15) is 0 Å². The Morgan fingerprint density at radius 2 is 1.80 bits per heavy atom. The normalized spacial score (nSPS) is 10.8. The summed E-state index contributed by atoms with van der Waals surface area (Å²) < 4.78 is 15.6. The maximum atomic E-state index is 13.8. The Hall–Kier alpha value is -3.98. The molecule has 1 aromatic heterocycles. The molecule has 0 atom stereocenters. The van der Waals surface area contributed by atoms with Crippen molar-refractivity contribution in [2.45, 2.75) is 18.1 Å². The van der Waals surface area contributed by atoms with Crippen LogP contribution in [0.2, 0.25) is 0 Å². The molecule has 2 N–H and O–H groups in total. The lowest BCUT2D eigenvalue weighted by atomic mass is 10.1. The lowest BCUT2D eigenvalue weighted by Crippen LogP contribution is -2.27. The Kier molecular flexibility index (Phi) is 7.89. The first-order valence-electron chi connectivity index (χ1n) is 11.0. The van der Waals surface area contributed by atoms with Gasteiger partial charge in [0.05, 0.1) is 11.3 Å². The van der Waals surface area contributed by atoms with Crippen molar-refractivity contribution in [2.24, 2.45) is 0 Å². The van der Waals surface area contributed by atoms with Crippen LogP contribution >= 0.6 is 11.8 Å². The smallest absolute Gasteiger partial charge is 0.254 e. The number of halogens is 1. The molecule has 4 aromatic rings. The minimum absolute atomic E-state index is 0.00601. The van der Waals surface area contributed by atoms with Crippen molar-refractivity contribution in [1.82, 2.24) is 20.1 Å². The maximum absolute atomic E-state index is 13.8. The fourth-order valence-electron chi connectivity index (χ4n) is 3.60. The van der Waals surface area contributed by atoms with Crippen LogP contribution in [0.5, 0.6) is 0 Å². The fraction of sp³-hybridized carbons (Fsp3) is 0.154. The van der Waals surface area contributed by atoms with E-state index in [9.17, 15) is 14.0 Å². The van der Waals surface area contributed by atoms with Gasteiger partial charge >= 0.3 is 0 Å². The molecule has 3 aromatic carbocycles. The van der Waals surface area contributed by atoms with Crippen LogP contribution < -0.4 is 10.6 Å². The molecule has 0 aliphatic carbocycles. The standard InChI is InChI=1S/C26H24FN5O2S/c1-2-16-32-23(14-15-28-25(34)20-11-5-6-12-21(20)27)30-31-26(32)35-17-24(33)29-22-13-7-9-18-8-3-4-10-19(18)22/h2-13H,1,14-17H2,(H,28,34)(H,29,33). The number of fused-ring (bicyclic) bond motifs is 1. The monoisotopic (exact) mass is 489 g/mol. The molecule has 0 unspecified atom stereocenters. The number of anilines is 1. The molecule has 9 heteroatoms. The second-order valence-electron chi connectivity index (χ2n) is 7.65. The van der Waals surface area contributed by atoms with Crippen LogP contribution in [0.3, 0.4) is 0 Å². The van der Waals surface area contributed by atoms with Gasteiger partial charge in [-0.05, 0) is 23.6 Å². The third kappa shape index (κ3) is 5.93. The lowest BCUT2D eigenvalue weighted by molar-refractivity contribution is -0.113. The number of hydrogen-bond acceptors (Lipinski definition) is 5. The summed E-state index contributed by atoms with van der Waals surface area (Å²) >= 11 is 1.27. The van der Waals surface area contributed by atoms with Gasteiger partial charge in [0.15, 0.2) is 5.16 Å². The number of hydrogen-bond donors (Lipinski definition) is 2. The number of allylic oxidation sites excluding steroid dienone is 1. The molecular weight excluding hydrogens is 465 g/mol. The van der Waals surface area contributed by atoms with E-state index < -0.39 is 11.7 Å². The third-order valence-electron chi connectivity index (χ3n) is 5.25. The van der Waals surface area contributed by atoms with Crippen LogP contribution in [0.4, 0.5) is 10.1 Å². The minimum Gasteiger partial charge on any atom is -0.351 e. The van der Waals surface area contributed by atoms with Crippen LogP contribution in [-0.2, 0) is 17.8 Å². The molecule has 178 valence electrons. The van der Waals surface area contributed by atoms with E-state index in [4.69, 9.17) is 0 Å². The average molecular weight is 490 g/mol. The first kappa shape index (κ1) is 24.2. The van der Waals surface area contributed by atoms with Gasteiger partial charge in [0.1, 0.15) is 11.6 Å². The van der Waals surface area contributed by atoms with Gasteiger partial charge < -0.3 is 15.2 Å². The second-order valence-corrected chi connectivity index (χ2v) is 8.59. The van der Waals surface area contributed by atoms with E-state index in [0.29, 0.717) is 23.9 Å². The van der Waals surface area contributed by atoms with Crippen molar-refractivity contribution < 1.29 is 14.0 Å². The fourth-order valence-corrected chi connectivity index (χ4v) is 4.37. The Balaban J connectivity index is 1.35. The van der Waals surface area contributed by atoms with Crippen LogP contribution in [0.25, 0.3) is 10.8 Å². The van der Waals surface area contributed by atoms with Gasteiger partial charge in [0, 0.05) is 30.6 Å². The molecule has 0 fully saturated rings. The maximum Gasteiger partial charge on any atom is 0.254 e. The number of thioether (sulfide) groups is 1. The molecule has 0 spiro atoms. The van der Waals surface area contributed by atoms with E-state index in [2.05, 4.69) is 27.4 Å². The molecule has 7 nitrogen and oxygen atoms in total. The van der Waals surface area contributed by atoms with E-state index in [1.54, 1.807) is 12.1 Å². The lowest BCUT2D eigenvalue weighted by Gasteiger charge is -2.10. The van der Waals surface area contributed by atoms with Crippen LogP contribution in [0.1, 0.15) is 16.2 Å². The summed E-state index contributed by atoms with van der Waals surface area (Å²) in [6.45, 7) is 4.49. The van der Waals surface area contributed by atoms with Crippen molar-refractivity contribution in [1.29, 1.82) is 0 Å². The van der Waals surface area contributed by atoms with Gasteiger partial charge in [0.25, 0.3) is 5.91 Å². The van der Waals surface area contributed by atoms with E-state index in [1.807, 2.05) is 47.0 Å². The number of nitrogens with one attached hydrogen (secondary N) is 2. The van der Waals surface area contributed by atoms with E-state index >= 15 is 0 Å². The largest absolute Gasteiger partial charge is 0.351 e. The number of amides is 2. The Morgan fingerprint density at radius 1 is 1.03 bits per heavy atom. The Bertz CT molecular complexity index is 1370. The van der Waals surface area contributed by atoms with Crippen molar-refractivity contribution >= 4 is 40.0 Å². The van der Waals surface area contributed by atoms with Crippen molar-refractivity contribution in [2.75, 3.05) is 17.6 Å². The molecule has 0 radical (unpaired) electrons. The predicted octanol–water partition coefficient (Wildman–Crippen LogP) is 4.46. The zero-order valence-electron chi connectivity index (χ0n) is 18.9. The highest BCUT2D eigenvalue weighted by molar-refractivity contribution is 7.99. The zero-order valence-corrected chi connectivity index (χ0v) is 19.7. The van der Waals surface area contributed by atoms with Crippen LogP contribution in [0, 0.1) is 5.82 Å². The van der Waals surface area contributed by atoms with Crippen LogP contribution in [0.15, 0.2) is 84.5 Å². The van der Waals surface area contributed by atoms with E-state index in [-0.39, 0.29) is 23.8 Å². The number of carbonyl (C=O) groups excluding carboxylic acids is 2. The molecule has 2 amide bonds. The Morgan fingerprint density at radius 3 is 2.63 bits per heavy atom. The summed E-state index contributed by atoms with van der Waals surface area (Å²) in [5.41, 5.74) is 0.751. The molecule has 0 bridgehead atoms. The first-order valence-corrected chi connectivity index (χ1v) is 12.0. The van der Waals surface area contributed by atoms with E-state index in [0.717, 1.165) is 16.5 Å².